The number of ether oxygens (including phenoxy) is 3. The fraction of sp³-hybridized carbons (Fsp3) is 0.923. The predicted octanol–water partition coefficient (Wildman–Crippen LogP) is -0.138. The van der Waals surface area contributed by atoms with Crippen LogP contribution in [0.2, 0.25) is 0 Å². The van der Waals surface area contributed by atoms with Crippen LogP contribution in [0.15, 0.2) is 0 Å². The maximum atomic E-state index is 12.0. The van der Waals surface area contributed by atoms with Gasteiger partial charge in [-0.25, -0.2) is 0 Å². The molecule has 1 aliphatic carbocycles. The summed E-state index contributed by atoms with van der Waals surface area (Å²) in [6, 6.07) is 0. The first-order chi connectivity index (χ1) is 9.08. The Morgan fingerprint density at radius 3 is 2.11 bits per heavy atom. The molecule has 19 heavy (non-hydrogen) atoms. The Morgan fingerprint density at radius 2 is 1.74 bits per heavy atom. The third-order valence-corrected chi connectivity index (χ3v) is 3.58. The molecule has 0 amide bonds. The van der Waals surface area contributed by atoms with Crippen LogP contribution in [-0.4, -0.2) is 70.6 Å². The minimum Gasteiger partial charge on any atom is -0.468 e. The summed E-state index contributed by atoms with van der Waals surface area (Å²) in [5, 5.41) is 0. The molecule has 0 radical (unpaired) electrons. The van der Waals surface area contributed by atoms with Crippen molar-refractivity contribution in [3.05, 3.63) is 0 Å². The van der Waals surface area contributed by atoms with E-state index >= 15 is 0 Å². The summed E-state index contributed by atoms with van der Waals surface area (Å²) in [4.78, 5) is 14.1. The lowest BCUT2D eigenvalue weighted by Gasteiger charge is -2.33. The highest BCUT2D eigenvalue weighted by molar-refractivity contribution is 5.81. The summed E-state index contributed by atoms with van der Waals surface area (Å²) in [6.45, 7) is 3.14. The summed E-state index contributed by atoms with van der Waals surface area (Å²) in [5.74, 6) is -0.0950. The monoisotopic (exact) mass is 274 g/mol. The van der Waals surface area contributed by atoms with Gasteiger partial charge in [-0.1, -0.05) is 0 Å². The zero-order valence-corrected chi connectivity index (χ0v) is 12.2. The SMILES string of the molecule is COCCN(CCOC)CC(N)(C(=O)OC)C1CC1. The van der Waals surface area contributed by atoms with Crippen molar-refractivity contribution in [2.45, 2.75) is 18.4 Å². The first-order valence-electron chi connectivity index (χ1n) is 6.66. The number of hydrogen-bond donors (Lipinski definition) is 1. The van der Waals surface area contributed by atoms with Gasteiger partial charge >= 0.3 is 5.97 Å². The molecule has 0 aliphatic heterocycles. The van der Waals surface area contributed by atoms with Gasteiger partial charge in [0.05, 0.1) is 20.3 Å². The van der Waals surface area contributed by atoms with Crippen LogP contribution >= 0.6 is 0 Å². The van der Waals surface area contributed by atoms with E-state index in [0.717, 1.165) is 25.9 Å². The predicted molar refractivity (Wildman–Crippen MR) is 71.9 cm³/mol. The molecule has 1 atom stereocenters. The Hall–Kier alpha value is -0.690. The van der Waals surface area contributed by atoms with Crippen LogP contribution in [0.25, 0.3) is 0 Å². The fourth-order valence-corrected chi connectivity index (χ4v) is 2.23. The molecule has 1 saturated carbocycles. The zero-order chi connectivity index (χ0) is 14.3. The number of carbonyl (C=O) groups is 1. The summed E-state index contributed by atoms with van der Waals surface area (Å²) in [7, 11) is 4.71. The molecule has 6 nitrogen and oxygen atoms in total. The van der Waals surface area contributed by atoms with E-state index in [2.05, 4.69) is 4.90 Å². The summed E-state index contributed by atoms with van der Waals surface area (Å²) < 4.78 is 15.1. The van der Waals surface area contributed by atoms with Crippen LogP contribution in [-0.2, 0) is 19.0 Å². The smallest absolute Gasteiger partial charge is 0.327 e. The van der Waals surface area contributed by atoms with Crippen LogP contribution in [0.3, 0.4) is 0 Å². The number of nitrogens with two attached hydrogens (primary N) is 1. The van der Waals surface area contributed by atoms with E-state index in [1.807, 2.05) is 0 Å². The van der Waals surface area contributed by atoms with E-state index in [-0.39, 0.29) is 11.9 Å². The molecule has 0 saturated heterocycles. The summed E-state index contributed by atoms with van der Waals surface area (Å²) >= 11 is 0. The fourth-order valence-electron chi connectivity index (χ4n) is 2.23. The van der Waals surface area contributed by atoms with Crippen molar-refractivity contribution < 1.29 is 19.0 Å². The molecule has 0 aromatic carbocycles. The minimum atomic E-state index is -0.907. The average Bonchev–Trinajstić information content (AvgIpc) is 3.25. The van der Waals surface area contributed by atoms with Gasteiger partial charge in [0.15, 0.2) is 0 Å². The summed E-state index contributed by atoms with van der Waals surface area (Å²) in [6.07, 6.45) is 1.99. The van der Waals surface area contributed by atoms with Gasteiger partial charge in [-0.15, -0.1) is 0 Å². The molecule has 0 bridgehead atoms. The van der Waals surface area contributed by atoms with E-state index in [1.165, 1.54) is 7.11 Å². The number of nitrogens with zero attached hydrogens (tertiary/aromatic N) is 1. The Bertz CT molecular complexity index is 276. The first kappa shape index (κ1) is 16.4. The first-order valence-corrected chi connectivity index (χ1v) is 6.66. The second-order valence-electron chi connectivity index (χ2n) is 5.07. The van der Waals surface area contributed by atoms with Crippen molar-refractivity contribution in [3.8, 4) is 0 Å². The van der Waals surface area contributed by atoms with Gasteiger partial charge in [0.25, 0.3) is 0 Å². The Kier molecular flexibility index (Phi) is 6.71. The van der Waals surface area contributed by atoms with Gasteiger partial charge in [0.2, 0.25) is 0 Å². The second kappa shape index (κ2) is 7.79. The van der Waals surface area contributed by atoms with Crippen molar-refractivity contribution in [1.29, 1.82) is 0 Å². The minimum absolute atomic E-state index is 0.229. The molecule has 2 N–H and O–H groups in total. The highest BCUT2D eigenvalue weighted by atomic mass is 16.5. The van der Waals surface area contributed by atoms with Crippen LogP contribution in [0.4, 0.5) is 0 Å². The molecule has 0 spiro atoms. The third-order valence-electron chi connectivity index (χ3n) is 3.58. The van der Waals surface area contributed by atoms with E-state index in [1.54, 1.807) is 14.2 Å². The molecule has 1 unspecified atom stereocenters. The molecule has 1 fully saturated rings. The van der Waals surface area contributed by atoms with Crippen LogP contribution < -0.4 is 5.73 Å². The van der Waals surface area contributed by atoms with E-state index in [0.29, 0.717) is 19.8 Å². The Balaban J connectivity index is 2.63. The van der Waals surface area contributed by atoms with Crippen molar-refractivity contribution in [2.24, 2.45) is 11.7 Å². The highest BCUT2D eigenvalue weighted by Crippen LogP contribution is 2.39. The van der Waals surface area contributed by atoms with Crippen molar-refractivity contribution >= 4 is 5.97 Å². The molecule has 112 valence electrons. The molecule has 0 aromatic rings. The zero-order valence-electron chi connectivity index (χ0n) is 12.2. The van der Waals surface area contributed by atoms with Gasteiger partial charge in [-0.2, -0.15) is 0 Å². The molecule has 1 aliphatic rings. The van der Waals surface area contributed by atoms with E-state index < -0.39 is 5.54 Å². The van der Waals surface area contributed by atoms with Gasteiger partial charge in [-0.3, -0.25) is 9.69 Å². The maximum Gasteiger partial charge on any atom is 0.327 e. The molecule has 1 rings (SSSR count). The quantitative estimate of drug-likeness (QED) is 0.559. The average molecular weight is 274 g/mol. The third kappa shape index (κ3) is 4.72. The molecular weight excluding hydrogens is 248 g/mol. The lowest BCUT2D eigenvalue weighted by molar-refractivity contribution is -0.149. The molecule has 6 heteroatoms. The number of methoxy groups -OCH3 is 3. The van der Waals surface area contributed by atoms with Gasteiger partial charge in [0, 0.05) is 33.9 Å². The second-order valence-corrected chi connectivity index (χ2v) is 5.07. The van der Waals surface area contributed by atoms with Crippen LogP contribution in [0.5, 0.6) is 0 Å². The molecule has 0 heterocycles. The standard InChI is InChI=1S/C13H26N2O4/c1-17-8-6-15(7-9-18-2)10-13(14,11-4-5-11)12(16)19-3/h11H,4-10,14H2,1-3H3. The number of esters is 1. The lowest BCUT2D eigenvalue weighted by Crippen LogP contribution is -2.59. The van der Waals surface area contributed by atoms with Crippen LogP contribution in [0, 0.1) is 5.92 Å². The molecule has 0 aromatic heterocycles. The van der Waals surface area contributed by atoms with Gasteiger partial charge in [-0.05, 0) is 18.8 Å². The van der Waals surface area contributed by atoms with Gasteiger partial charge < -0.3 is 19.9 Å². The Morgan fingerprint density at radius 1 is 1.21 bits per heavy atom. The largest absolute Gasteiger partial charge is 0.468 e. The number of carbonyl (C=O) groups excluding carboxylic acids is 1. The number of rotatable bonds is 10. The van der Waals surface area contributed by atoms with E-state index in [9.17, 15) is 4.79 Å². The lowest BCUT2D eigenvalue weighted by atomic mass is 9.93. The highest BCUT2D eigenvalue weighted by Gasteiger charge is 2.49. The summed E-state index contributed by atoms with van der Waals surface area (Å²) in [5.41, 5.74) is 5.40. The maximum absolute atomic E-state index is 12.0. The van der Waals surface area contributed by atoms with Crippen molar-refractivity contribution in [3.63, 3.8) is 0 Å². The van der Waals surface area contributed by atoms with Gasteiger partial charge in [0.1, 0.15) is 5.54 Å². The molecular formula is C13H26N2O4. The number of hydrogen-bond acceptors (Lipinski definition) is 6. The van der Waals surface area contributed by atoms with Crippen molar-refractivity contribution in [1.82, 2.24) is 4.90 Å². The topological polar surface area (TPSA) is 74.0 Å². The van der Waals surface area contributed by atoms with Crippen LogP contribution in [0.1, 0.15) is 12.8 Å². The normalized spacial score (nSPS) is 18.4. The Labute approximate surface area is 115 Å². The van der Waals surface area contributed by atoms with E-state index in [4.69, 9.17) is 19.9 Å². The van der Waals surface area contributed by atoms with Crippen molar-refractivity contribution in [2.75, 3.05) is 54.2 Å².